The molecule has 0 radical (unpaired) electrons. The van der Waals surface area contributed by atoms with E-state index in [0.717, 1.165) is 24.0 Å². The maximum Gasteiger partial charge on any atom is 0.210 e. The Kier molecular flexibility index (Phi) is 4.81. The third-order valence-corrected chi connectivity index (χ3v) is 6.61. The van der Waals surface area contributed by atoms with Crippen LogP contribution in [-0.2, 0) is 0 Å². The summed E-state index contributed by atoms with van der Waals surface area (Å²) in [5, 5.41) is 21.4. The van der Waals surface area contributed by atoms with Gasteiger partial charge in [-0.25, -0.2) is 13.8 Å². The second-order valence-electron chi connectivity index (χ2n) is 8.09. The number of hydrogen-bond donors (Lipinski definition) is 1. The van der Waals surface area contributed by atoms with E-state index in [0.29, 0.717) is 32.6 Å². The van der Waals surface area contributed by atoms with Gasteiger partial charge in [-0.05, 0) is 55.3 Å². The zero-order valence-corrected chi connectivity index (χ0v) is 18.5. The Morgan fingerprint density at radius 2 is 1.71 bits per heavy atom. The standard InChI is InChI=1S/C25H16F2N6S/c26-17-7-5-15(6-8-17)23-29-21-12-20(19(27)11-22(21)33(23)18-9-10-18)30-25-32-31-24(34-25)16-3-1-14(13-28)2-4-16/h1-8,11-12,18H,9-10H2,(H,30,32). The number of nitrogens with zero attached hydrogens (tertiary/aromatic N) is 5. The van der Waals surface area contributed by atoms with E-state index in [1.54, 1.807) is 42.5 Å². The van der Waals surface area contributed by atoms with Crippen molar-refractivity contribution in [3.8, 4) is 28.0 Å². The summed E-state index contributed by atoms with van der Waals surface area (Å²) in [6.45, 7) is 0. The number of hydrogen-bond acceptors (Lipinski definition) is 6. The molecule has 0 unspecified atom stereocenters. The van der Waals surface area contributed by atoms with Crippen LogP contribution in [0.25, 0.3) is 33.0 Å². The Balaban J connectivity index is 1.35. The zero-order valence-electron chi connectivity index (χ0n) is 17.7. The van der Waals surface area contributed by atoms with Crippen LogP contribution < -0.4 is 5.32 Å². The molecule has 0 bridgehead atoms. The van der Waals surface area contributed by atoms with Gasteiger partial charge >= 0.3 is 0 Å². The van der Waals surface area contributed by atoms with Crippen LogP contribution in [0.15, 0.2) is 60.7 Å². The Morgan fingerprint density at radius 3 is 2.41 bits per heavy atom. The second kappa shape index (κ2) is 8.01. The van der Waals surface area contributed by atoms with Gasteiger partial charge in [0.2, 0.25) is 5.13 Å². The van der Waals surface area contributed by atoms with Crippen LogP contribution in [-0.4, -0.2) is 19.7 Å². The molecule has 1 aliphatic carbocycles. The van der Waals surface area contributed by atoms with Crippen LogP contribution in [0.1, 0.15) is 24.4 Å². The largest absolute Gasteiger partial charge is 0.328 e. The van der Waals surface area contributed by atoms with E-state index in [1.165, 1.54) is 29.5 Å². The molecule has 6 rings (SSSR count). The van der Waals surface area contributed by atoms with Gasteiger partial charge in [0.25, 0.3) is 0 Å². The van der Waals surface area contributed by atoms with E-state index in [4.69, 9.17) is 10.2 Å². The molecule has 166 valence electrons. The Hall–Kier alpha value is -4.16. The van der Waals surface area contributed by atoms with E-state index < -0.39 is 5.82 Å². The van der Waals surface area contributed by atoms with Crippen LogP contribution in [0, 0.1) is 23.0 Å². The van der Waals surface area contributed by atoms with E-state index in [-0.39, 0.29) is 17.5 Å². The fourth-order valence-electron chi connectivity index (χ4n) is 3.91. The molecule has 0 spiro atoms. The number of fused-ring (bicyclic) bond motifs is 1. The van der Waals surface area contributed by atoms with Crippen molar-refractivity contribution < 1.29 is 8.78 Å². The first-order valence-electron chi connectivity index (χ1n) is 10.7. The highest BCUT2D eigenvalue weighted by Crippen LogP contribution is 2.42. The molecule has 5 aromatic rings. The van der Waals surface area contributed by atoms with Gasteiger partial charge in [-0.1, -0.05) is 23.5 Å². The van der Waals surface area contributed by atoms with E-state index >= 15 is 4.39 Å². The topological polar surface area (TPSA) is 79.4 Å². The first kappa shape index (κ1) is 20.4. The van der Waals surface area contributed by atoms with Gasteiger partial charge in [0.15, 0.2) is 0 Å². The average molecular weight is 471 g/mol. The number of halogens is 2. The van der Waals surface area contributed by atoms with Crippen molar-refractivity contribution in [1.29, 1.82) is 5.26 Å². The van der Waals surface area contributed by atoms with Gasteiger partial charge in [0.05, 0.1) is 28.4 Å². The molecule has 0 saturated heterocycles. The summed E-state index contributed by atoms with van der Waals surface area (Å²) in [6.07, 6.45) is 2.01. The lowest BCUT2D eigenvalue weighted by atomic mass is 10.2. The number of aromatic nitrogens is 4. The van der Waals surface area contributed by atoms with Crippen LogP contribution in [0.5, 0.6) is 0 Å². The molecule has 1 aliphatic rings. The molecule has 0 amide bonds. The molecule has 0 atom stereocenters. The van der Waals surface area contributed by atoms with E-state index in [1.807, 2.05) is 4.57 Å². The molecule has 2 aromatic heterocycles. The lowest BCUT2D eigenvalue weighted by molar-refractivity contribution is 0.628. The SMILES string of the molecule is N#Cc1ccc(-c2nnc(Nc3cc4nc(-c5ccc(F)cc5)n(C5CC5)c4cc3F)s2)cc1. The van der Waals surface area contributed by atoms with Crippen LogP contribution in [0.3, 0.4) is 0 Å². The van der Waals surface area contributed by atoms with Gasteiger partial charge in [-0.2, -0.15) is 5.26 Å². The first-order valence-corrected chi connectivity index (χ1v) is 11.5. The number of rotatable bonds is 5. The van der Waals surface area contributed by atoms with Crippen LogP contribution in [0.4, 0.5) is 19.6 Å². The molecule has 6 nitrogen and oxygen atoms in total. The maximum atomic E-state index is 15.1. The molecule has 0 aliphatic heterocycles. The van der Waals surface area contributed by atoms with Gasteiger partial charge in [0, 0.05) is 23.2 Å². The predicted molar refractivity (Wildman–Crippen MR) is 127 cm³/mol. The molecule has 1 N–H and O–H groups in total. The van der Waals surface area contributed by atoms with Crippen LogP contribution >= 0.6 is 11.3 Å². The first-order chi connectivity index (χ1) is 16.6. The summed E-state index contributed by atoms with van der Waals surface area (Å²) in [5.41, 5.74) is 3.78. The van der Waals surface area contributed by atoms with Crippen molar-refractivity contribution in [2.75, 3.05) is 5.32 Å². The molecule has 9 heteroatoms. The number of benzene rings is 3. The molecule has 1 saturated carbocycles. The minimum absolute atomic E-state index is 0.251. The van der Waals surface area contributed by atoms with Crippen molar-refractivity contribution >= 4 is 33.2 Å². The Labute approximate surface area is 197 Å². The Morgan fingerprint density at radius 1 is 0.971 bits per heavy atom. The highest BCUT2D eigenvalue weighted by molar-refractivity contribution is 7.18. The van der Waals surface area contributed by atoms with E-state index in [2.05, 4.69) is 21.6 Å². The molecule has 2 heterocycles. The van der Waals surface area contributed by atoms with E-state index in [9.17, 15) is 4.39 Å². The van der Waals surface area contributed by atoms with Crippen molar-refractivity contribution in [3.05, 3.63) is 77.9 Å². The monoisotopic (exact) mass is 470 g/mol. The number of nitriles is 1. The van der Waals surface area contributed by atoms with Crippen molar-refractivity contribution in [3.63, 3.8) is 0 Å². The average Bonchev–Trinajstić information content (AvgIpc) is 3.47. The lowest BCUT2D eigenvalue weighted by Crippen LogP contribution is -1.98. The van der Waals surface area contributed by atoms with Crippen molar-refractivity contribution in [2.45, 2.75) is 18.9 Å². The summed E-state index contributed by atoms with van der Waals surface area (Å²) in [4.78, 5) is 4.76. The molecular formula is C25H16F2N6S. The predicted octanol–water partition coefficient (Wildman–Crippen LogP) is 6.45. The second-order valence-corrected chi connectivity index (χ2v) is 9.07. The lowest BCUT2D eigenvalue weighted by Gasteiger charge is -2.08. The number of anilines is 2. The van der Waals surface area contributed by atoms with Gasteiger partial charge in [-0.3, -0.25) is 0 Å². The minimum Gasteiger partial charge on any atom is -0.328 e. The van der Waals surface area contributed by atoms with Crippen molar-refractivity contribution in [1.82, 2.24) is 19.7 Å². The quantitative estimate of drug-likeness (QED) is 0.319. The normalized spacial score (nSPS) is 13.2. The zero-order chi connectivity index (χ0) is 23.2. The Bertz CT molecular complexity index is 1560. The minimum atomic E-state index is -0.421. The van der Waals surface area contributed by atoms with Gasteiger partial charge in [0.1, 0.15) is 22.5 Å². The maximum absolute atomic E-state index is 15.1. The number of imidazole rings is 1. The molecule has 1 fully saturated rings. The third-order valence-electron chi connectivity index (χ3n) is 5.72. The molecular weight excluding hydrogens is 454 g/mol. The summed E-state index contributed by atoms with van der Waals surface area (Å²) >= 11 is 1.29. The fourth-order valence-corrected chi connectivity index (χ4v) is 4.67. The summed E-state index contributed by atoms with van der Waals surface area (Å²) in [5.74, 6) is -0.0315. The molecule has 34 heavy (non-hydrogen) atoms. The smallest absolute Gasteiger partial charge is 0.210 e. The van der Waals surface area contributed by atoms with Gasteiger partial charge < -0.3 is 9.88 Å². The summed E-state index contributed by atoms with van der Waals surface area (Å²) < 4.78 is 30.6. The van der Waals surface area contributed by atoms with Crippen LogP contribution in [0.2, 0.25) is 0 Å². The van der Waals surface area contributed by atoms with Gasteiger partial charge in [-0.15, -0.1) is 10.2 Å². The highest BCUT2D eigenvalue weighted by atomic mass is 32.1. The van der Waals surface area contributed by atoms with Crippen molar-refractivity contribution in [2.24, 2.45) is 0 Å². The number of nitrogens with one attached hydrogen (secondary N) is 1. The molecule has 3 aromatic carbocycles. The third kappa shape index (κ3) is 3.68. The fraction of sp³-hybridized carbons (Fsp3) is 0.120. The summed E-state index contributed by atoms with van der Waals surface area (Å²) in [6, 6.07) is 18.7. The summed E-state index contributed by atoms with van der Waals surface area (Å²) in [7, 11) is 0. The highest BCUT2D eigenvalue weighted by Gasteiger charge is 2.29.